The Morgan fingerprint density at radius 1 is 0.938 bits per heavy atom. The fraction of sp³-hybridized carbons (Fsp3) is 0.571. The van der Waals surface area contributed by atoms with Gasteiger partial charge in [0.2, 0.25) is 0 Å². The number of nitrogens with zero attached hydrogens (tertiary/aromatic N) is 2. The van der Waals surface area contributed by atoms with Crippen LogP contribution >= 0.6 is 0 Å². The Bertz CT molecular complexity index is 444. The first-order valence-electron chi connectivity index (χ1n) is 6.43. The van der Waals surface area contributed by atoms with Gasteiger partial charge in [-0.1, -0.05) is 18.2 Å². The summed E-state index contributed by atoms with van der Waals surface area (Å²) in [5, 5.41) is 9.02. The van der Waals surface area contributed by atoms with Crippen LogP contribution in [0.5, 0.6) is 0 Å². The molecule has 2 atom stereocenters. The van der Waals surface area contributed by atoms with Gasteiger partial charge in [0.15, 0.2) is 0 Å². The Morgan fingerprint density at radius 3 is 2.56 bits per heavy atom. The third-order valence-electron chi connectivity index (χ3n) is 4.77. The first-order chi connectivity index (χ1) is 7.93. The lowest BCUT2D eigenvalue weighted by Crippen LogP contribution is -2.42. The van der Waals surface area contributed by atoms with E-state index in [-0.39, 0.29) is 0 Å². The van der Waals surface area contributed by atoms with Crippen LogP contribution in [-0.4, -0.2) is 6.04 Å². The normalized spacial score (nSPS) is 39.2. The summed E-state index contributed by atoms with van der Waals surface area (Å²) in [6, 6.07) is 9.10. The number of hydrogen-bond acceptors (Lipinski definition) is 2. The van der Waals surface area contributed by atoms with Crippen molar-refractivity contribution < 1.29 is 0 Å². The van der Waals surface area contributed by atoms with Gasteiger partial charge in [0.1, 0.15) is 0 Å². The quantitative estimate of drug-likeness (QED) is 0.619. The molecule has 0 aromatic heterocycles. The summed E-state index contributed by atoms with van der Waals surface area (Å²) < 4.78 is 0. The number of azo groups is 1. The molecule has 3 aliphatic carbocycles. The molecule has 1 aliphatic heterocycles. The molecule has 5 rings (SSSR count). The van der Waals surface area contributed by atoms with Gasteiger partial charge in [-0.25, -0.2) is 0 Å². The molecular formula is C14H16N2. The van der Waals surface area contributed by atoms with E-state index in [1.807, 2.05) is 0 Å². The smallest absolute Gasteiger partial charge is 0.0888 e. The van der Waals surface area contributed by atoms with Gasteiger partial charge in [-0.2, -0.15) is 10.2 Å². The third kappa shape index (κ3) is 1.07. The van der Waals surface area contributed by atoms with Crippen LogP contribution in [0, 0.1) is 11.8 Å². The van der Waals surface area contributed by atoms with Gasteiger partial charge >= 0.3 is 0 Å². The zero-order valence-corrected chi connectivity index (χ0v) is 9.34. The molecule has 0 radical (unpaired) electrons. The van der Waals surface area contributed by atoms with E-state index >= 15 is 0 Å². The van der Waals surface area contributed by atoms with E-state index in [0.29, 0.717) is 12.0 Å². The molecule has 1 aromatic carbocycles. The Hall–Kier alpha value is -1.18. The second kappa shape index (κ2) is 3.16. The predicted molar refractivity (Wildman–Crippen MR) is 62.9 cm³/mol. The fourth-order valence-corrected chi connectivity index (χ4v) is 4.01. The van der Waals surface area contributed by atoms with Crippen molar-refractivity contribution in [1.82, 2.24) is 0 Å². The molecular weight excluding hydrogens is 196 g/mol. The highest BCUT2D eigenvalue weighted by Gasteiger charge is 2.46. The van der Waals surface area contributed by atoms with Crippen LogP contribution in [0.3, 0.4) is 0 Å². The summed E-state index contributed by atoms with van der Waals surface area (Å²) in [7, 11) is 0. The van der Waals surface area contributed by atoms with E-state index in [0.717, 1.165) is 17.5 Å². The molecule has 0 saturated heterocycles. The van der Waals surface area contributed by atoms with Crippen molar-refractivity contribution in [3.8, 4) is 0 Å². The molecule has 16 heavy (non-hydrogen) atoms. The van der Waals surface area contributed by atoms with Crippen LogP contribution in [0.1, 0.15) is 37.2 Å². The van der Waals surface area contributed by atoms with E-state index in [1.54, 1.807) is 0 Å². The number of rotatable bonds is 0. The van der Waals surface area contributed by atoms with Gasteiger partial charge in [0.05, 0.1) is 11.7 Å². The molecule has 3 saturated carbocycles. The summed E-state index contributed by atoms with van der Waals surface area (Å²) in [4.78, 5) is 0. The minimum Gasteiger partial charge on any atom is -0.184 e. The van der Waals surface area contributed by atoms with Gasteiger partial charge in [-0.15, -0.1) is 0 Å². The Kier molecular flexibility index (Phi) is 1.76. The second-order valence-corrected chi connectivity index (χ2v) is 5.47. The van der Waals surface area contributed by atoms with Crippen molar-refractivity contribution in [2.75, 3.05) is 0 Å². The number of fused-ring (bicyclic) bond motifs is 3. The molecule has 0 unspecified atom stereocenters. The van der Waals surface area contributed by atoms with E-state index in [1.165, 1.54) is 31.2 Å². The summed E-state index contributed by atoms with van der Waals surface area (Å²) in [6.45, 7) is 0. The average Bonchev–Trinajstić information content (AvgIpc) is 2.40. The number of benzene rings is 1. The highest BCUT2D eigenvalue weighted by molar-refractivity contribution is 5.50. The molecule has 1 aromatic rings. The Balaban J connectivity index is 1.86. The molecule has 2 bridgehead atoms. The molecule has 4 aliphatic rings. The van der Waals surface area contributed by atoms with Crippen molar-refractivity contribution in [2.45, 2.75) is 37.6 Å². The zero-order valence-electron chi connectivity index (χ0n) is 9.34. The maximum absolute atomic E-state index is 4.60. The largest absolute Gasteiger partial charge is 0.184 e. The highest BCUT2D eigenvalue weighted by Crippen LogP contribution is 2.54. The predicted octanol–water partition coefficient (Wildman–Crippen LogP) is 4.06. The molecule has 0 amide bonds. The summed E-state index contributed by atoms with van der Waals surface area (Å²) >= 11 is 0. The third-order valence-corrected chi connectivity index (χ3v) is 4.77. The molecule has 82 valence electrons. The molecule has 3 fully saturated rings. The molecule has 2 nitrogen and oxygen atoms in total. The lowest BCUT2D eigenvalue weighted by Gasteiger charge is -2.48. The zero-order chi connectivity index (χ0) is 10.5. The van der Waals surface area contributed by atoms with Crippen molar-refractivity contribution in [2.24, 2.45) is 22.1 Å². The van der Waals surface area contributed by atoms with E-state index in [9.17, 15) is 0 Å². The lowest BCUT2D eigenvalue weighted by molar-refractivity contribution is 0.111. The highest BCUT2D eigenvalue weighted by atomic mass is 15.2. The topological polar surface area (TPSA) is 24.7 Å². The molecule has 2 heteroatoms. The van der Waals surface area contributed by atoms with Crippen LogP contribution in [-0.2, 0) is 0 Å². The van der Waals surface area contributed by atoms with E-state index < -0.39 is 0 Å². The molecule has 0 spiro atoms. The van der Waals surface area contributed by atoms with Crippen LogP contribution in [0.4, 0.5) is 5.69 Å². The van der Waals surface area contributed by atoms with Gasteiger partial charge in [0, 0.05) is 5.92 Å². The van der Waals surface area contributed by atoms with Gasteiger partial charge in [-0.3, -0.25) is 0 Å². The SMILES string of the molecule is c1ccc2c(c1)N=N[C@H]1C3CCC(CC3)[C@H]21. The monoisotopic (exact) mass is 212 g/mol. The minimum atomic E-state index is 0.502. The maximum Gasteiger partial charge on any atom is 0.0888 e. The minimum absolute atomic E-state index is 0.502. The van der Waals surface area contributed by atoms with Crippen molar-refractivity contribution >= 4 is 5.69 Å². The average molecular weight is 212 g/mol. The molecule has 1 heterocycles. The van der Waals surface area contributed by atoms with Crippen LogP contribution in [0.25, 0.3) is 0 Å². The Labute approximate surface area is 95.8 Å². The van der Waals surface area contributed by atoms with Crippen LogP contribution in [0.15, 0.2) is 34.5 Å². The van der Waals surface area contributed by atoms with E-state index in [4.69, 9.17) is 0 Å². The second-order valence-electron chi connectivity index (χ2n) is 5.47. The van der Waals surface area contributed by atoms with Gasteiger partial charge in [0.25, 0.3) is 0 Å². The van der Waals surface area contributed by atoms with E-state index in [2.05, 4.69) is 34.5 Å². The fourth-order valence-electron chi connectivity index (χ4n) is 4.01. The van der Waals surface area contributed by atoms with Gasteiger partial charge in [-0.05, 0) is 49.1 Å². The summed E-state index contributed by atoms with van der Waals surface area (Å²) in [5.41, 5.74) is 2.59. The van der Waals surface area contributed by atoms with Crippen molar-refractivity contribution in [1.29, 1.82) is 0 Å². The number of hydrogen-bond donors (Lipinski definition) is 0. The first-order valence-corrected chi connectivity index (χ1v) is 6.43. The standard InChI is InChI=1S/C14H16N2/c1-2-4-12-11(3-1)13-9-5-7-10(8-6-9)14(13)16-15-12/h1-4,9-10,13-14H,5-8H2/t9?,10?,13-,14+/m1/s1. The molecule has 0 N–H and O–H groups in total. The summed E-state index contributed by atoms with van der Waals surface area (Å²) in [5.74, 6) is 2.36. The van der Waals surface area contributed by atoms with Crippen molar-refractivity contribution in [3.63, 3.8) is 0 Å². The van der Waals surface area contributed by atoms with Crippen LogP contribution in [0.2, 0.25) is 0 Å². The Morgan fingerprint density at radius 2 is 1.69 bits per heavy atom. The first kappa shape index (κ1) is 8.91. The summed E-state index contributed by atoms with van der Waals surface area (Å²) in [6.07, 6.45) is 5.59. The van der Waals surface area contributed by atoms with Crippen LogP contribution < -0.4 is 0 Å². The van der Waals surface area contributed by atoms with Gasteiger partial charge < -0.3 is 0 Å². The van der Waals surface area contributed by atoms with Crippen molar-refractivity contribution in [3.05, 3.63) is 29.8 Å². The maximum atomic E-state index is 4.60. The lowest BCUT2D eigenvalue weighted by atomic mass is 9.59.